The van der Waals surface area contributed by atoms with Gasteiger partial charge in [0.15, 0.2) is 0 Å². The van der Waals surface area contributed by atoms with Gasteiger partial charge in [0, 0.05) is 0 Å². The van der Waals surface area contributed by atoms with Crippen LogP contribution in [-0.2, 0) is 4.74 Å². The Morgan fingerprint density at radius 2 is 1.77 bits per heavy atom. The number of hydrogen-bond acceptors (Lipinski definition) is 1. The summed E-state index contributed by atoms with van der Waals surface area (Å²) in [5.41, 5.74) is 0.119. The molecule has 1 nitrogen and oxygen atoms in total. The molecule has 0 saturated carbocycles. The van der Waals surface area contributed by atoms with E-state index in [1.54, 1.807) is 0 Å². The van der Waals surface area contributed by atoms with Crippen molar-refractivity contribution < 1.29 is 4.74 Å². The zero-order valence-electron chi connectivity index (χ0n) is 9.92. The Kier molecular flexibility index (Phi) is 3.06. The van der Waals surface area contributed by atoms with E-state index in [9.17, 15) is 0 Å². The highest BCUT2D eigenvalue weighted by molar-refractivity contribution is 4.92. The van der Waals surface area contributed by atoms with E-state index in [-0.39, 0.29) is 5.60 Å². The van der Waals surface area contributed by atoms with E-state index in [0.29, 0.717) is 23.9 Å². The normalized spacial score (nSPS) is 40.6. The maximum absolute atomic E-state index is 6.18. The maximum Gasteiger partial charge on any atom is 0.0684 e. The predicted octanol–water partition coefficient (Wildman–Crippen LogP) is 3.48. The SMILES string of the molecule is CC(C)[C@@H]1O[C@](C)(C(C)C)CC1C. The lowest BCUT2D eigenvalue weighted by molar-refractivity contribution is -0.0762. The second-order valence-corrected chi connectivity index (χ2v) is 5.48. The van der Waals surface area contributed by atoms with Crippen molar-refractivity contribution in [2.24, 2.45) is 17.8 Å². The molecule has 0 spiro atoms. The monoisotopic (exact) mass is 184 g/mol. The second-order valence-electron chi connectivity index (χ2n) is 5.48. The first-order chi connectivity index (χ1) is 5.87. The molecule has 1 unspecified atom stereocenters. The van der Waals surface area contributed by atoms with E-state index >= 15 is 0 Å². The average Bonchev–Trinajstić information content (AvgIpc) is 2.28. The topological polar surface area (TPSA) is 9.23 Å². The van der Waals surface area contributed by atoms with Crippen molar-refractivity contribution in [1.29, 1.82) is 0 Å². The van der Waals surface area contributed by atoms with Crippen LogP contribution in [0.15, 0.2) is 0 Å². The molecule has 0 aromatic rings. The fourth-order valence-corrected chi connectivity index (χ4v) is 2.40. The predicted molar refractivity (Wildman–Crippen MR) is 56.7 cm³/mol. The summed E-state index contributed by atoms with van der Waals surface area (Å²) in [6, 6.07) is 0. The van der Waals surface area contributed by atoms with Crippen LogP contribution in [0.3, 0.4) is 0 Å². The Labute approximate surface area is 82.9 Å². The molecule has 0 aliphatic carbocycles. The van der Waals surface area contributed by atoms with Gasteiger partial charge in [0.05, 0.1) is 11.7 Å². The Balaban J connectivity index is 2.69. The summed E-state index contributed by atoms with van der Waals surface area (Å²) in [5.74, 6) is 1.99. The van der Waals surface area contributed by atoms with Crippen molar-refractivity contribution in [3.63, 3.8) is 0 Å². The first-order valence-corrected chi connectivity index (χ1v) is 5.54. The minimum absolute atomic E-state index is 0.119. The van der Waals surface area contributed by atoms with Gasteiger partial charge in [-0.2, -0.15) is 0 Å². The second kappa shape index (κ2) is 3.61. The van der Waals surface area contributed by atoms with E-state index in [2.05, 4.69) is 41.5 Å². The average molecular weight is 184 g/mol. The highest BCUT2D eigenvalue weighted by Crippen LogP contribution is 2.41. The van der Waals surface area contributed by atoms with Gasteiger partial charge in [0.25, 0.3) is 0 Å². The van der Waals surface area contributed by atoms with Crippen molar-refractivity contribution in [1.82, 2.24) is 0 Å². The highest BCUT2D eigenvalue weighted by atomic mass is 16.5. The number of rotatable bonds is 2. The van der Waals surface area contributed by atoms with E-state index in [4.69, 9.17) is 4.74 Å². The van der Waals surface area contributed by atoms with Crippen LogP contribution in [0.5, 0.6) is 0 Å². The van der Waals surface area contributed by atoms with Gasteiger partial charge >= 0.3 is 0 Å². The summed E-state index contributed by atoms with van der Waals surface area (Å²) in [6.07, 6.45) is 1.68. The Morgan fingerprint density at radius 3 is 2.00 bits per heavy atom. The van der Waals surface area contributed by atoms with Crippen LogP contribution >= 0.6 is 0 Å². The summed E-state index contributed by atoms with van der Waals surface area (Å²) < 4.78 is 6.18. The zero-order valence-corrected chi connectivity index (χ0v) is 9.92. The molecule has 3 atom stereocenters. The smallest absolute Gasteiger partial charge is 0.0684 e. The molecule has 1 rings (SSSR count). The highest BCUT2D eigenvalue weighted by Gasteiger charge is 2.43. The first kappa shape index (κ1) is 11.0. The molecule has 13 heavy (non-hydrogen) atoms. The summed E-state index contributed by atoms with van der Waals surface area (Å²) in [4.78, 5) is 0. The lowest BCUT2D eigenvalue weighted by Crippen LogP contribution is -2.32. The minimum Gasteiger partial charge on any atom is -0.371 e. The molecule has 0 N–H and O–H groups in total. The molecule has 1 saturated heterocycles. The Bertz CT molecular complexity index is 174. The van der Waals surface area contributed by atoms with Crippen molar-refractivity contribution >= 4 is 0 Å². The van der Waals surface area contributed by atoms with Crippen LogP contribution < -0.4 is 0 Å². The van der Waals surface area contributed by atoms with E-state index in [0.717, 1.165) is 0 Å². The zero-order chi connectivity index (χ0) is 10.2. The summed E-state index contributed by atoms with van der Waals surface area (Å²) >= 11 is 0. The van der Waals surface area contributed by atoms with Gasteiger partial charge in [0.1, 0.15) is 0 Å². The Hall–Kier alpha value is -0.0400. The largest absolute Gasteiger partial charge is 0.371 e. The molecule has 1 heterocycles. The van der Waals surface area contributed by atoms with Crippen LogP contribution in [0, 0.1) is 17.8 Å². The van der Waals surface area contributed by atoms with Gasteiger partial charge in [-0.15, -0.1) is 0 Å². The third-order valence-corrected chi connectivity index (χ3v) is 3.57. The summed E-state index contributed by atoms with van der Waals surface area (Å²) in [5, 5.41) is 0. The van der Waals surface area contributed by atoms with Crippen LogP contribution in [0.1, 0.15) is 48.0 Å². The first-order valence-electron chi connectivity index (χ1n) is 5.54. The lowest BCUT2D eigenvalue weighted by atomic mass is 9.84. The fourth-order valence-electron chi connectivity index (χ4n) is 2.40. The fraction of sp³-hybridized carbons (Fsp3) is 1.00. The molecule has 1 fully saturated rings. The van der Waals surface area contributed by atoms with Crippen molar-refractivity contribution in [3.8, 4) is 0 Å². The molecular formula is C12H24O. The van der Waals surface area contributed by atoms with Crippen LogP contribution in [-0.4, -0.2) is 11.7 Å². The Morgan fingerprint density at radius 1 is 1.23 bits per heavy atom. The van der Waals surface area contributed by atoms with Gasteiger partial charge in [-0.05, 0) is 31.1 Å². The van der Waals surface area contributed by atoms with Crippen LogP contribution in [0.4, 0.5) is 0 Å². The lowest BCUT2D eigenvalue weighted by Gasteiger charge is -2.30. The molecule has 0 radical (unpaired) electrons. The molecule has 0 aromatic heterocycles. The third kappa shape index (κ3) is 2.07. The molecule has 1 aliphatic rings. The van der Waals surface area contributed by atoms with E-state index in [1.807, 2.05) is 0 Å². The van der Waals surface area contributed by atoms with E-state index < -0.39 is 0 Å². The van der Waals surface area contributed by atoms with Gasteiger partial charge in [-0.25, -0.2) is 0 Å². The minimum atomic E-state index is 0.119. The third-order valence-electron chi connectivity index (χ3n) is 3.57. The van der Waals surface area contributed by atoms with Crippen LogP contribution in [0.25, 0.3) is 0 Å². The molecule has 0 amide bonds. The number of hydrogen-bond donors (Lipinski definition) is 0. The maximum atomic E-state index is 6.18. The standard InChI is InChI=1S/C12H24O/c1-8(2)11-10(5)7-12(6,13-11)9(3)4/h8-11H,7H2,1-6H3/t10?,11-,12-/m0/s1. The quantitative estimate of drug-likeness (QED) is 0.638. The van der Waals surface area contributed by atoms with Gasteiger partial charge in [0.2, 0.25) is 0 Å². The molecule has 1 aliphatic heterocycles. The molecule has 0 bridgehead atoms. The van der Waals surface area contributed by atoms with Crippen molar-refractivity contribution in [2.45, 2.75) is 59.7 Å². The van der Waals surface area contributed by atoms with Crippen molar-refractivity contribution in [2.75, 3.05) is 0 Å². The number of ether oxygens (including phenoxy) is 1. The van der Waals surface area contributed by atoms with Gasteiger partial charge < -0.3 is 4.74 Å². The summed E-state index contributed by atoms with van der Waals surface area (Å²) in [7, 11) is 0. The van der Waals surface area contributed by atoms with Gasteiger partial charge in [-0.3, -0.25) is 0 Å². The molecular weight excluding hydrogens is 160 g/mol. The molecule has 1 heteroatoms. The van der Waals surface area contributed by atoms with E-state index in [1.165, 1.54) is 6.42 Å². The molecule has 78 valence electrons. The summed E-state index contributed by atoms with van der Waals surface area (Å²) in [6.45, 7) is 13.6. The van der Waals surface area contributed by atoms with Crippen LogP contribution in [0.2, 0.25) is 0 Å². The van der Waals surface area contributed by atoms with Crippen molar-refractivity contribution in [3.05, 3.63) is 0 Å². The molecule has 0 aromatic carbocycles. The van der Waals surface area contributed by atoms with Gasteiger partial charge in [-0.1, -0.05) is 34.6 Å².